The monoisotopic (exact) mass is 1080 g/mol. The highest BCUT2D eigenvalue weighted by Crippen LogP contribution is 2.39. The van der Waals surface area contributed by atoms with Crippen molar-refractivity contribution in [3.05, 3.63) is 64.7 Å². The van der Waals surface area contributed by atoms with Crippen LogP contribution in [0.4, 0.5) is 5.69 Å². The molecule has 2 aromatic rings. The highest BCUT2D eigenvalue weighted by molar-refractivity contribution is 6.08. The number of carboxylic acid groups (broad SMARTS) is 3. The first kappa shape index (κ1) is 59.1. The average Bonchev–Trinajstić information content (AvgIpc) is 3.93. The number of aliphatic hydroxyl groups is 2. The fourth-order valence-corrected chi connectivity index (χ4v) is 9.78. The highest BCUT2D eigenvalue weighted by atomic mass is 16.6. The molecule has 6 rings (SSSR count). The second-order valence-corrected chi connectivity index (χ2v) is 19.9. The van der Waals surface area contributed by atoms with Gasteiger partial charge in [0, 0.05) is 58.7 Å². The second kappa shape index (κ2) is 27.8. The predicted octanol–water partition coefficient (Wildman–Crippen LogP) is -3.14. The summed E-state index contributed by atoms with van der Waals surface area (Å²) in [4.78, 5) is 134. The SMILES string of the molecule is CC[C@H](C)[C@H](NC(=O)CNC(=O)CNC(O)[C@H](CCC(=O)O)NC(=O)Cc1ccc(CN2CCN(CC(=O)O)CCN(CC(=O)O)CC2)cc1)C(=O)N[C@H]1CCc2cccc3c2N(C1=O)[C@H](C(=O)N[C@H]1CC(=O)O[C@@H]1O)C3. The van der Waals surface area contributed by atoms with Crippen molar-refractivity contribution in [1.29, 1.82) is 0 Å². The average molecular weight is 1080 g/mol. The van der Waals surface area contributed by atoms with Crippen molar-refractivity contribution in [3.8, 4) is 0 Å². The van der Waals surface area contributed by atoms with Crippen LogP contribution in [-0.2, 0) is 78.5 Å². The zero-order valence-corrected chi connectivity index (χ0v) is 43.1. The lowest BCUT2D eigenvalue weighted by molar-refractivity contribution is -0.155. The number of rotatable bonds is 25. The molecule has 1 unspecified atom stereocenters. The lowest BCUT2D eigenvalue weighted by Crippen LogP contribution is -2.59. The Morgan fingerprint density at radius 3 is 1.96 bits per heavy atom. The number of benzene rings is 2. The van der Waals surface area contributed by atoms with Crippen LogP contribution >= 0.6 is 0 Å². The van der Waals surface area contributed by atoms with Crippen molar-refractivity contribution in [2.24, 2.45) is 5.92 Å². The van der Waals surface area contributed by atoms with Gasteiger partial charge in [-0.25, -0.2) is 0 Å². The number of carboxylic acids is 3. The Balaban J connectivity index is 0.978. The number of aliphatic hydroxyl groups excluding tert-OH is 2. The van der Waals surface area contributed by atoms with Gasteiger partial charge in [-0.2, -0.15) is 0 Å². The molecule has 0 saturated carbocycles. The molecule has 0 aromatic heterocycles. The summed E-state index contributed by atoms with van der Waals surface area (Å²) < 4.78 is 4.76. The summed E-state index contributed by atoms with van der Waals surface area (Å²) in [6.07, 6.45) is -3.07. The lowest BCUT2D eigenvalue weighted by Gasteiger charge is -2.30. The number of cyclic esters (lactones) is 1. The third-order valence-electron chi connectivity index (χ3n) is 14.2. The normalized spacial score (nSPS) is 21.6. The van der Waals surface area contributed by atoms with Crippen LogP contribution in [-0.4, -0.2) is 208 Å². The van der Waals surface area contributed by atoms with Gasteiger partial charge >= 0.3 is 23.9 Å². The third kappa shape index (κ3) is 17.2. The van der Waals surface area contributed by atoms with E-state index >= 15 is 0 Å². The van der Waals surface area contributed by atoms with Gasteiger partial charge in [-0.1, -0.05) is 62.7 Å². The second-order valence-electron chi connectivity index (χ2n) is 19.9. The molecule has 0 spiro atoms. The van der Waals surface area contributed by atoms with Crippen molar-refractivity contribution in [1.82, 2.24) is 46.6 Å². The molecule has 26 nitrogen and oxygen atoms in total. The Bertz CT molecular complexity index is 2470. The molecule has 11 N–H and O–H groups in total. The zero-order chi connectivity index (χ0) is 55.9. The van der Waals surface area contributed by atoms with Crippen LogP contribution in [0.1, 0.15) is 68.2 Å². The van der Waals surface area contributed by atoms with Crippen LogP contribution in [0.3, 0.4) is 0 Å². The van der Waals surface area contributed by atoms with Crippen LogP contribution < -0.4 is 36.8 Å². The molecule has 4 aliphatic heterocycles. The summed E-state index contributed by atoms with van der Waals surface area (Å²) >= 11 is 0. The largest absolute Gasteiger partial charge is 0.481 e. The van der Waals surface area contributed by atoms with E-state index in [0.717, 1.165) is 16.7 Å². The first-order valence-electron chi connectivity index (χ1n) is 25.8. The number of hydrogen-bond donors (Lipinski definition) is 11. The van der Waals surface area contributed by atoms with E-state index in [1.54, 1.807) is 41.8 Å². The summed E-state index contributed by atoms with van der Waals surface area (Å²) in [5.41, 5.74) is 3.56. The maximum atomic E-state index is 14.3. The molecule has 4 heterocycles. The minimum atomic E-state index is -1.60. The number of anilines is 1. The van der Waals surface area contributed by atoms with E-state index in [2.05, 4.69) is 36.8 Å². The molecular weight excluding hydrogens is 1010 g/mol. The molecule has 4 aliphatic rings. The highest BCUT2D eigenvalue weighted by Gasteiger charge is 2.46. The Kier molecular flexibility index (Phi) is 21.4. The smallest absolute Gasteiger partial charge is 0.317 e. The van der Waals surface area contributed by atoms with Gasteiger partial charge in [0.15, 0.2) is 0 Å². The molecule has 0 radical (unpaired) electrons. The minimum Gasteiger partial charge on any atom is -0.481 e. The van der Waals surface area contributed by atoms with E-state index in [1.165, 1.54) is 4.90 Å². The predicted molar refractivity (Wildman–Crippen MR) is 271 cm³/mol. The Labute approximate surface area is 444 Å². The van der Waals surface area contributed by atoms with Crippen molar-refractivity contribution < 1.29 is 78.2 Å². The number of nitrogens with one attached hydrogen (secondary N) is 6. The van der Waals surface area contributed by atoms with Crippen LogP contribution in [0.15, 0.2) is 42.5 Å². The fourth-order valence-electron chi connectivity index (χ4n) is 9.78. The van der Waals surface area contributed by atoms with E-state index in [0.29, 0.717) is 69.9 Å². The zero-order valence-electron chi connectivity index (χ0n) is 43.1. The Hall–Kier alpha value is -7.10. The standard InChI is InChI=1S/C51H70N10O16/c1-3-29(2)45(49(74)55-35-12-11-32-5-4-6-33-22-37(61(46(32)33)50(35)75)48(73)56-36-23-44(71)77-51(36)76)57-40(64)25-52-39(63)24-53-47(72)34(13-14-41(65)66)54-38(62)21-30-7-9-31(10-8-30)26-58-15-17-59(27-42(67)68)19-20-60(18-16-58)28-43(69)70/h4-10,29,34-37,45,47,51,53,72,76H,3,11-28H2,1-2H3,(H,52,63)(H,54,62)(H,55,74)(H,56,73)(H,57,64)(H,65,66)(H,67,68)(H,69,70)/t29-,34-,35-,36-,37-,45-,47?,51-/m0/s1. The van der Waals surface area contributed by atoms with Crippen molar-refractivity contribution >= 4 is 65.0 Å². The molecule has 2 fully saturated rings. The molecule has 26 heteroatoms. The molecule has 2 aromatic carbocycles. The topological polar surface area (TPSA) is 366 Å². The van der Waals surface area contributed by atoms with Gasteiger partial charge in [0.2, 0.25) is 41.7 Å². The van der Waals surface area contributed by atoms with Crippen LogP contribution in [0.2, 0.25) is 0 Å². The number of esters is 1. The number of carbonyl (C=O) groups excluding carboxylic acids is 7. The van der Waals surface area contributed by atoms with Crippen molar-refractivity contribution in [2.45, 2.75) is 114 Å². The molecule has 77 heavy (non-hydrogen) atoms. The number of hydrogen-bond acceptors (Lipinski definition) is 17. The number of aliphatic carboxylic acids is 3. The van der Waals surface area contributed by atoms with E-state index in [1.807, 2.05) is 24.3 Å². The quantitative estimate of drug-likeness (QED) is 0.0346. The number of carbonyl (C=O) groups is 10. The summed E-state index contributed by atoms with van der Waals surface area (Å²) in [6, 6.07) is 7.07. The fraction of sp³-hybridized carbons (Fsp3) is 0.569. The van der Waals surface area contributed by atoms with Crippen molar-refractivity contribution in [3.63, 3.8) is 0 Å². The van der Waals surface area contributed by atoms with Gasteiger partial charge in [0.1, 0.15) is 30.4 Å². The van der Waals surface area contributed by atoms with Crippen LogP contribution in [0.25, 0.3) is 0 Å². The van der Waals surface area contributed by atoms with Gasteiger partial charge in [-0.05, 0) is 47.4 Å². The first-order chi connectivity index (χ1) is 36.7. The Morgan fingerprint density at radius 1 is 0.740 bits per heavy atom. The molecule has 8 atom stereocenters. The van der Waals surface area contributed by atoms with Gasteiger partial charge in [0.25, 0.3) is 0 Å². The summed E-state index contributed by atoms with van der Waals surface area (Å²) in [6.45, 7) is 5.32. The van der Waals surface area contributed by atoms with E-state index in [4.69, 9.17) is 4.74 Å². The van der Waals surface area contributed by atoms with E-state index in [9.17, 15) is 73.5 Å². The van der Waals surface area contributed by atoms with Gasteiger partial charge < -0.3 is 56.9 Å². The number of para-hydroxylation sites is 1. The summed E-state index contributed by atoms with van der Waals surface area (Å²) in [5.74, 6) is -8.21. The van der Waals surface area contributed by atoms with Gasteiger partial charge in [-0.15, -0.1) is 0 Å². The number of nitrogens with zero attached hydrogens (tertiary/aromatic N) is 4. The Morgan fingerprint density at radius 2 is 1.36 bits per heavy atom. The molecule has 420 valence electrons. The maximum Gasteiger partial charge on any atom is 0.317 e. The maximum absolute atomic E-state index is 14.3. The summed E-state index contributed by atoms with van der Waals surface area (Å²) in [7, 11) is 0. The molecule has 6 amide bonds. The number of aryl methyl sites for hydroxylation is 1. The van der Waals surface area contributed by atoms with Crippen LogP contribution in [0, 0.1) is 5.92 Å². The summed E-state index contributed by atoms with van der Waals surface area (Å²) in [5, 5.41) is 64.9. The number of amides is 6. The van der Waals surface area contributed by atoms with E-state index < -0.39 is 127 Å². The van der Waals surface area contributed by atoms with Gasteiger partial charge in [0.05, 0.1) is 50.7 Å². The molecule has 0 bridgehead atoms. The first-order valence-corrected chi connectivity index (χ1v) is 25.8. The minimum absolute atomic E-state index is 0.141. The third-order valence-corrected chi connectivity index (χ3v) is 14.2. The lowest BCUT2D eigenvalue weighted by atomic mass is 9.97. The molecule has 0 aliphatic carbocycles. The van der Waals surface area contributed by atoms with Crippen molar-refractivity contribution in [2.75, 3.05) is 70.3 Å². The van der Waals surface area contributed by atoms with Gasteiger partial charge in [-0.3, -0.25) is 72.9 Å². The molecular formula is C51H70N10O16. The van der Waals surface area contributed by atoms with E-state index in [-0.39, 0.29) is 45.2 Å². The van der Waals surface area contributed by atoms with Crippen LogP contribution in [0.5, 0.6) is 0 Å². The number of ether oxygens (including phenoxy) is 1. The molecule has 2 saturated heterocycles.